The number of carbonyl (C=O) groups excluding carboxylic acids is 1. The summed E-state index contributed by atoms with van der Waals surface area (Å²) >= 11 is 1.43. The van der Waals surface area contributed by atoms with E-state index in [2.05, 4.69) is 4.98 Å². The van der Waals surface area contributed by atoms with Crippen LogP contribution in [0.25, 0.3) is 0 Å². The summed E-state index contributed by atoms with van der Waals surface area (Å²) in [5.74, 6) is 1.19. The van der Waals surface area contributed by atoms with Gasteiger partial charge in [-0.15, -0.1) is 0 Å². The van der Waals surface area contributed by atoms with Gasteiger partial charge < -0.3 is 14.0 Å². The summed E-state index contributed by atoms with van der Waals surface area (Å²) in [4.78, 5) is 16.7. The molecule has 0 saturated carbocycles. The number of ketones is 1. The number of Topliss-reactive ketones (excluding diaryl/α,β-unsaturated/α-hetero) is 1. The van der Waals surface area contributed by atoms with Gasteiger partial charge in [0.25, 0.3) is 0 Å². The number of rotatable bonds is 6. The smallest absolute Gasteiger partial charge is 0.176 e. The fraction of sp³-hybridized carbons (Fsp3) is 0.333. The molecule has 0 saturated heterocycles. The number of nitrogens with zero attached hydrogens (tertiary/aromatic N) is 2. The highest BCUT2D eigenvalue weighted by molar-refractivity contribution is 8.00. The second-order valence-corrected chi connectivity index (χ2v) is 5.82. The van der Waals surface area contributed by atoms with Gasteiger partial charge in [0, 0.05) is 25.0 Å². The van der Waals surface area contributed by atoms with Crippen molar-refractivity contribution in [2.75, 3.05) is 14.2 Å². The minimum atomic E-state index is -0.232. The van der Waals surface area contributed by atoms with Crippen LogP contribution in [-0.2, 0) is 7.05 Å². The molecule has 0 N–H and O–H groups in total. The van der Waals surface area contributed by atoms with Crippen LogP contribution in [0.15, 0.2) is 35.7 Å². The third-order valence-electron chi connectivity index (χ3n) is 3.10. The van der Waals surface area contributed by atoms with E-state index < -0.39 is 0 Å². The summed E-state index contributed by atoms with van der Waals surface area (Å²) in [5.41, 5.74) is 0.599. The third kappa shape index (κ3) is 3.39. The van der Waals surface area contributed by atoms with E-state index in [0.29, 0.717) is 17.1 Å². The van der Waals surface area contributed by atoms with Crippen molar-refractivity contribution in [1.82, 2.24) is 9.55 Å². The topological polar surface area (TPSA) is 53.3 Å². The van der Waals surface area contributed by atoms with Crippen molar-refractivity contribution in [2.45, 2.75) is 17.3 Å². The van der Waals surface area contributed by atoms with Gasteiger partial charge in [0.05, 0.1) is 19.5 Å². The fourth-order valence-corrected chi connectivity index (χ4v) is 2.81. The highest BCUT2D eigenvalue weighted by Gasteiger charge is 2.19. The van der Waals surface area contributed by atoms with E-state index in [0.717, 1.165) is 5.16 Å². The molecule has 0 spiro atoms. The van der Waals surface area contributed by atoms with E-state index in [9.17, 15) is 4.79 Å². The number of ether oxygens (including phenoxy) is 2. The lowest BCUT2D eigenvalue weighted by Gasteiger charge is -2.12. The van der Waals surface area contributed by atoms with E-state index in [4.69, 9.17) is 9.47 Å². The predicted octanol–water partition coefficient (Wildman–Crippen LogP) is 2.80. The predicted molar refractivity (Wildman–Crippen MR) is 82.4 cm³/mol. The molecule has 112 valence electrons. The van der Waals surface area contributed by atoms with Gasteiger partial charge in [-0.2, -0.15) is 0 Å². The molecule has 6 heteroatoms. The first kappa shape index (κ1) is 15.4. The van der Waals surface area contributed by atoms with E-state index in [1.165, 1.54) is 11.8 Å². The molecule has 0 aliphatic heterocycles. The Morgan fingerprint density at radius 2 is 2.00 bits per heavy atom. The van der Waals surface area contributed by atoms with Crippen molar-refractivity contribution in [1.29, 1.82) is 0 Å². The number of benzene rings is 1. The number of imidazole rings is 1. The molecule has 1 aromatic carbocycles. The van der Waals surface area contributed by atoms with Crippen LogP contribution in [0, 0.1) is 0 Å². The van der Waals surface area contributed by atoms with Crippen molar-refractivity contribution >= 4 is 17.5 Å². The lowest BCUT2D eigenvalue weighted by molar-refractivity contribution is 0.0993. The van der Waals surface area contributed by atoms with Gasteiger partial charge in [0.1, 0.15) is 0 Å². The molecule has 1 unspecified atom stereocenters. The number of methoxy groups -OCH3 is 2. The average Bonchev–Trinajstić information content (AvgIpc) is 2.90. The Morgan fingerprint density at radius 1 is 1.29 bits per heavy atom. The van der Waals surface area contributed by atoms with Gasteiger partial charge in [-0.3, -0.25) is 4.79 Å². The molecular formula is C15H18N2O3S. The van der Waals surface area contributed by atoms with Crippen LogP contribution >= 0.6 is 11.8 Å². The van der Waals surface area contributed by atoms with E-state index in [-0.39, 0.29) is 11.0 Å². The maximum Gasteiger partial charge on any atom is 0.176 e. The standard InChI is InChI=1S/C15H18N2O3S/c1-10(21-15-16-7-8-17(15)2)14(18)11-5-6-12(19-3)13(9-11)20-4/h5-10H,1-4H3. The van der Waals surface area contributed by atoms with E-state index in [1.54, 1.807) is 38.6 Å². The van der Waals surface area contributed by atoms with Gasteiger partial charge in [-0.25, -0.2) is 4.98 Å². The largest absolute Gasteiger partial charge is 0.493 e. The van der Waals surface area contributed by atoms with Gasteiger partial charge in [0.15, 0.2) is 22.4 Å². The van der Waals surface area contributed by atoms with E-state index >= 15 is 0 Å². The third-order valence-corrected chi connectivity index (χ3v) is 4.27. The summed E-state index contributed by atoms with van der Waals surface area (Å²) in [6.45, 7) is 1.87. The Hall–Kier alpha value is -1.95. The molecule has 0 bridgehead atoms. The minimum Gasteiger partial charge on any atom is -0.493 e. The van der Waals surface area contributed by atoms with Crippen molar-refractivity contribution in [3.05, 3.63) is 36.2 Å². The van der Waals surface area contributed by atoms with Crippen LogP contribution in [-0.4, -0.2) is 34.8 Å². The molecule has 0 fully saturated rings. The Balaban J connectivity index is 2.17. The van der Waals surface area contributed by atoms with E-state index in [1.807, 2.05) is 24.7 Å². The molecule has 2 rings (SSSR count). The van der Waals surface area contributed by atoms with Crippen molar-refractivity contribution < 1.29 is 14.3 Å². The molecule has 2 aromatic rings. The van der Waals surface area contributed by atoms with Crippen molar-refractivity contribution in [3.63, 3.8) is 0 Å². The van der Waals surface area contributed by atoms with Gasteiger partial charge in [0.2, 0.25) is 0 Å². The molecule has 0 aliphatic rings. The van der Waals surface area contributed by atoms with Crippen LogP contribution in [0.5, 0.6) is 11.5 Å². The number of hydrogen-bond acceptors (Lipinski definition) is 5. The molecule has 0 radical (unpaired) electrons. The van der Waals surface area contributed by atoms with Crippen molar-refractivity contribution in [2.24, 2.45) is 7.05 Å². The molecule has 5 nitrogen and oxygen atoms in total. The Bertz CT molecular complexity index is 640. The molecule has 1 atom stereocenters. The molecule has 1 aromatic heterocycles. The summed E-state index contributed by atoms with van der Waals surface area (Å²) in [6, 6.07) is 5.19. The zero-order valence-corrected chi connectivity index (χ0v) is 13.3. The molecule has 1 heterocycles. The number of hydrogen-bond donors (Lipinski definition) is 0. The lowest BCUT2D eigenvalue weighted by Crippen LogP contribution is -2.14. The maximum atomic E-state index is 12.5. The second kappa shape index (κ2) is 6.67. The summed E-state index contributed by atoms with van der Waals surface area (Å²) < 4.78 is 12.3. The first-order valence-electron chi connectivity index (χ1n) is 6.47. The normalized spacial score (nSPS) is 12.0. The highest BCUT2D eigenvalue weighted by atomic mass is 32.2. The maximum absolute atomic E-state index is 12.5. The lowest BCUT2D eigenvalue weighted by atomic mass is 10.1. The molecular weight excluding hydrogens is 288 g/mol. The first-order chi connectivity index (χ1) is 10.1. The second-order valence-electron chi connectivity index (χ2n) is 4.51. The van der Waals surface area contributed by atoms with Crippen LogP contribution in [0.1, 0.15) is 17.3 Å². The Kier molecular flexibility index (Phi) is 4.90. The van der Waals surface area contributed by atoms with Gasteiger partial charge in [-0.05, 0) is 25.1 Å². The molecule has 0 amide bonds. The Morgan fingerprint density at radius 3 is 2.57 bits per heavy atom. The quantitative estimate of drug-likeness (QED) is 0.607. The van der Waals surface area contributed by atoms with Crippen LogP contribution in [0.4, 0.5) is 0 Å². The zero-order valence-electron chi connectivity index (χ0n) is 12.5. The number of thioether (sulfide) groups is 1. The van der Waals surface area contributed by atoms with Gasteiger partial charge >= 0.3 is 0 Å². The van der Waals surface area contributed by atoms with Crippen LogP contribution in [0.2, 0.25) is 0 Å². The summed E-state index contributed by atoms with van der Waals surface area (Å²) in [7, 11) is 5.03. The number of aromatic nitrogens is 2. The first-order valence-corrected chi connectivity index (χ1v) is 7.35. The minimum absolute atomic E-state index is 0.0314. The number of carbonyl (C=O) groups is 1. The van der Waals surface area contributed by atoms with Gasteiger partial charge in [-0.1, -0.05) is 11.8 Å². The van der Waals surface area contributed by atoms with Crippen LogP contribution in [0.3, 0.4) is 0 Å². The number of aryl methyl sites for hydroxylation is 1. The SMILES string of the molecule is COc1ccc(C(=O)C(C)Sc2nccn2C)cc1OC. The Labute approximate surface area is 128 Å². The molecule has 21 heavy (non-hydrogen) atoms. The fourth-order valence-electron chi connectivity index (χ4n) is 1.90. The zero-order chi connectivity index (χ0) is 15.4. The van der Waals surface area contributed by atoms with Crippen LogP contribution < -0.4 is 9.47 Å². The van der Waals surface area contributed by atoms with Crippen molar-refractivity contribution in [3.8, 4) is 11.5 Å². The highest BCUT2D eigenvalue weighted by Crippen LogP contribution is 2.30. The average molecular weight is 306 g/mol. The molecule has 0 aliphatic carbocycles. The summed E-state index contributed by atoms with van der Waals surface area (Å²) in [6.07, 6.45) is 3.58. The monoisotopic (exact) mass is 306 g/mol. The summed E-state index contributed by atoms with van der Waals surface area (Å²) in [5, 5.41) is 0.584.